The molecule has 0 saturated carbocycles. The maximum Gasteiger partial charge on any atom is 0.264 e. The van der Waals surface area contributed by atoms with Gasteiger partial charge in [-0.1, -0.05) is 35.4 Å². The first-order chi connectivity index (χ1) is 10.9. The molecule has 0 bridgehead atoms. The second-order valence-corrected chi connectivity index (χ2v) is 7.50. The van der Waals surface area contributed by atoms with Crippen molar-refractivity contribution in [3.05, 3.63) is 58.6 Å². The Labute approximate surface area is 142 Å². The zero-order valence-corrected chi connectivity index (χ0v) is 14.5. The largest absolute Gasteiger partial charge is 0.265 e. The van der Waals surface area contributed by atoms with Crippen LogP contribution < -0.4 is 4.31 Å². The molecule has 0 fully saturated rings. The molecule has 0 heterocycles. The number of anilines is 1. The van der Waals surface area contributed by atoms with Crippen LogP contribution in [0.2, 0.25) is 5.02 Å². The normalized spacial score (nSPS) is 11.0. The third-order valence-corrected chi connectivity index (χ3v) is 5.67. The van der Waals surface area contributed by atoms with Crippen LogP contribution >= 0.6 is 11.6 Å². The lowest BCUT2D eigenvalue weighted by molar-refractivity contribution is 0.590. The lowest BCUT2D eigenvalue weighted by atomic mass is 10.2. The Hall–Kier alpha value is -2.03. The van der Waals surface area contributed by atoms with Crippen molar-refractivity contribution in [2.45, 2.75) is 25.2 Å². The van der Waals surface area contributed by atoms with Crippen molar-refractivity contribution < 1.29 is 8.42 Å². The van der Waals surface area contributed by atoms with Crippen LogP contribution in [0.3, 0.4) is 0 Å². The molecule has 0 atom stereocenters. The van der Waals surface area contributed by atoms with Gasteiger partial charge in [0.1, 0.15) is 0 Å². The molecule has 0 aliphatic heterocycles. The van der Waals surface area contributed by atoms with Crippen molar-refractivity contribution in [3.8, 4) is 6.07 Å². The molecule has 120 valence electrons. The average molecular weight is 349 g/mol. The Morgan fingerprint density at radius 1 is 1.13 bits per heavy atom. The standard InChI is InChI=1S/C17H17ClN2O2S/c1-13-4-8-16(9-5-13)20(11-3-10-19)23(21,22)17-12-15(18)7-6-14(17)2/h4-9,12H,3,11H2,1-2H3. The molecule has 0 aromatic heterocycles. The number of hydrogen-bond donors (Lipinski definition) is 0. The van der Waals surface area contributed by atoms with Gasteiger partial charge < -0.3 is 0 Å². The van der Waals surface area contributed by atoms with Gasteiger partial charge in [0.15, 0.2) is 0 Å². The van der Waals surface area contributed by atoms with Crippen LogP contribution in [0.4, 0.5) is 5.69 Å². The number of rotatable bonds is 5. The minimum absolute atomic E-state index is 0.0911. The molecule has 0 N–H and O–H groups in total. The molecule has 2 rings (SSSR count). The minimum Gasteiger partial charge on any atom is -0.265 e. The number of nitrogens with zero attached hydrogens (tertiary/aromatic N) is 2. The summed E-state index contributed by atoms with van der Waals surface area (Å²) in [4.78, 5) is 0.156. The Kier molecular flexibility index (Phi) is 5.30. The summed E-state index contributed by atoms with van der Waals surface area (Å²) in [6.07, 6.45) is 0.104. The van der Waals surface area contributed by atoms with E-state index in [-0.39, 0.29) is 17.9 Å². The minimum atomic E-state index is -3.79. The molecular weight excluding hydrogens is 332 g/mol. The number of benzene rings is 2. The molecule has 0 saturated heterocycles. The molecule has 0 unspecified atom stereocenters. The molecule has 0 radical (unpaired) electrons. The van der Waals surface area contributed by atoms with Crippen molar-refractivity contribution in [2.24, 2.45) is 0 Å². The highest BCUT2D eigenvalue weighted by Crippen LogP contribution is 2.28. The maximum absolute atomic E-state index is 13.1. The van der Waals surface area contributed by atoms with Gasteiger partial charge >= 0.3 is 0 Å². The van der Waals surface area contributed by atoms with Crippen LogP contribution in [0, 0.1) is 25.2 Å². The topological polar surface area (TPSA) is 61.2 Å². The quantitative estimate of drug-likeness (QED) is 0.818. The summed E-state index contributed by atoms with van der Waals surface area (Å²) >= 11 is 5.96. The molecule has 0 amide bonds. The van der Waals surface area contributed by atoms with Crippen molar-refractivity contribution in [1.29, 1.82) is 5.26 Å². The summed E-state index contributed by atoms with van der Waals surface area (Å²) in [5.41, 5.74) is 2.18. The highest BCUT2D eigenvalue weighted by molar-refractivity contribution is 7.92. The van der Waals surface area contributed by atoms with E-state index >= 15 is 0 Å². The third kappa shape index (κ3) is 3.84. The number of nitriles is 1. The number of hydrogen-bond acceptors (Lipinski definition) is 3. The molecule has 4 nitrogen and oxygen atoms in total. The van der Waals surface area contributed by atoms with E-state index in [9.17, 15) is 8.42 Å². The van der Waals surface area contributed by atoms with Gasteiger partial charge in [0, 0.05) is 11.6 Å². The van der Waals surface area contributed by atoms with Crippen LogP contribution in [-0.2, 0) is 10.0 Å². The third-order valence-electron chi connectivity index (χ3n) is 3.47. The van der Waals surface area contributed by atoms with E-state index in [2.05, 4.69) is 0 Å². The first-order valence-electron chi connectivity index (χ1n) is 7.09. The first kappa shape index (κ1) is 17.3. The molecular formula is C17H17ClN2O2S. The molecule has 0 aliphatic rings. The predicted octanol–water partition coefficient (Wildman–Crippen LogP) is 4.07. The summed E-state index contributed by atoms with van der Waals surface area (Å²) < 4.78 is 27.4. The first-order valence-corrected chi connectivity index (χ1v) is 8.90. The summed E-state index contributed by atoms with van der Waals surface area (Å²) in [5.74, 6) is 0. The summed E-state index contributed by atoms with van der Waals surface area (Å²) in [6.45, 7) is 3.74. The summed E-state index contributed by atoms with van der Waals surface area (Å²) in [5, 5.41) is 9.21. The molecule has 0 spiro atoms. The number of sulfonamides is 1. The predicted molar refractivity (Wildman–Crippen MR) is 92.1 cm³/mol. The van der Waals surface area contributed by atoms with Gasteiger partial charge in [0.25, 0.3) is 10.0 Å². The molecule has 2 aromatic rings. The van der Waals surface area contributed by atoms with Crippen LogP contribution in [0.1, 0.15) is 17.5 Å². The van der Waals surface area contributed by atoms with Crippen molar-refractivity contribution in [2.75, 3.05) is 10.8 Å². The van der Waals surface area contributed by atoms with Gasteiger partial charge in [-0.25, -0.2) is 8.42 Å². The second-order valence-electron chi connectivity index (χ2n) is 5.23. The van der Waals surface area contributed by atoms with E-state index in [1.165, 1.54) is 10.4 Å². The van der Waals surface area contributed by atoms with Gasteiger partial charge in [-0.2, -0.15) is 5.26 Å². The van der Waals surface area contributed by atoms with Crippen LogP contribution in [0.15, 0.2) is 47.4 Å². The van der Waals surface area contributed by atoms with Gasteiger partial charge in [-0.15, -0.1) is 0 Å². The van der Waals surface area contributed by atoms with Gasteiger partial charge in [0.05, 0.1) is 23.1 Å². The monoisotopic (exact) mass is 348 g/mol. The van der Waals surface area contributed by atoms with E-state index in [1.807, 2.05) is 25.1 Å². The Bertz CT molecular complexity index is 840. The molecule has 0 aliphatic carbocycles. The molecule has 2 aromatic carbocycles. The highest BCUT2D eigenvalue weighted by atomic mass is 35.5. The molecule has 23 heavy (non-hydrogen) atoms. The summed E-state index contributed by atoms with van der Waals surface area (Å²) in [6, 6.07) is 13.9. The van der Waals surface area contributed by atoms with Crippen molar-refractivity contribution in [1.82, 2.24) is 0 Å². The Morgan fingerprint density at radius 3 is 2.39 bits per heavy atom. The highest BCUT2D eigenvalue weighted by Gasteiger charge is 2.26. The zero-order chi connectivity index (χ0) is 17.0. The van der Waals surface area contributed by atoms with E-state index in [0.717, 1.165) is 5.56 Å². The number of aryl methyl sites for hydroxylation is 2. The van der Waals surface area contributed by atoms with Gasteiger partial charge in [-0.05, 0) is 43.7 Å². The van der Waals surface area contributed by atoms with Crippen LogP contribution in [0.5, 0.6) is 0 Å². The smallest absolute Gasteiger partial charge is 0.264 e. The fourth-order valence-electron chi connectivity index (χ4n) is 2.22. The summed E-state index contributed by atoms with van der Waals surface area (Å²) in [7, 11) is -3.79. The van der Waals surface area contributed by atoms with Crippen molar-refractivity contribution in [3.63, 3.8) is 0 Å². The van der Waals surface area contributed by atoms with Crippen molar-refractivity contribution >= 4 is 27.3 Å². The Morgan fingerprint density at radius 2 is 1.78 bits per heavy atom. The molecule has 6 heteroatoms. The van der Waals surface area contributed by atoms with Gasteiger partial charge in [-0.3, -0.25) is 4.31 Å². The fraction of sp³-hybridized carbons (Fsp3) is 0.235. The fourth-order valence-corrected chi connectivity index (χ4v) is 4.18. The van der Waals surface area contributed by atoms with E-state index < -0.39 is 10.0 Å². The average Bonchev–Trinajstić information content (AvgIpc) is 2.51. The van der Waals surface area contributed by atoms with Crippen LogP contribution in [-0.4, -0.2) is 15.0 Å². The SMILES string of the molecule is Cc1ccc(N(CCC#N)S(=O)(=O)c2cc(Cl)ccc2C)cc1. The zero-order valence-electron chi connectivity index (χ0n) is 13.0. The Balaban J connectivity index is 2.55. The van der Waals surface area contributed by atoms with Gasteiger partial charge in [0.2, 0.25) is 0 Å². The van der Waals surface area contributed by atoms with E-state index in [1.54, 1.807) is 31.2 Å². The van der Waals surface area contributed by atoms with Crippen LogP contribution in [0.25, 0.3) is 0 Å². The van der Waals surface area contributed by atoms with E-state index in [4.69, 9.17) is 16.9 Å². The maximum atomic E-state index is 13.1. The lowest BCUT2D eigenvalue weighted by Gasteiger charge is -2.24. The number of halogens is 1. The second kappa shape index (κ2) is 7.03. The van der Waals surface area contributed by atoms with E-state index in [0.29, 0.717) is 16.3 Å². The lowest BCUT2D eigenvalue weighted by Crippen LogP contribution is -2.32.